The van der Waals surface area contributed by atoms with E-state index in [0.29, 0.717) is 5.92 Å². The van der Waals surface area contributed by atoms with Gasteiger partial charge in [0.05, 0.1) is 0 Å². The number of rotatable bonds is 3. The largest absolute Gasteiger partial charge is 0.103 e. The van der Waals surface area contributed by atoms with Gasteiger partial charge in [-0.1, -0.05) is 54.6 Å². The summed E-state index contributed by atoms with van der Waals surface area (Å²) in [6.07, 6.45) is 8.85. The number of hydrogen-bond acceptors (Lipinski definition) is 0. The Morgan fingerprint density at radius 1 is 1.12 bits per heavy atom. The molecule has 1 unspecified atom stereocenters. The van der Waals surface area contributed by atoms with E-state index in [1.165, 1.54) is 21.9 Å². The Bertz CT molecular complexity index is 585. The molecular formula is C17H16. The van der Waals surface area contributed by atoms with Crippen molar-refractivity contribution in [1.82, 2.24) is 0 Å². The van der Waals surface area contributed by atoms with E-state index in [-0.39, 0.29) is 0 Å². The molecule has 0 bridgehead atoms. The molecule has 0 N–H and O–H groups in total. The first kappa shape index (κ1) is 10.3. The predicted octanol–water partition coefficient (Wildman–Crippen LogP) is 4.92. The van der Waals surface area contributed by atoms with Gasteiger partial charge in [0.1, 0.15) is 0 Å². The highest BCUT2D eigenvalue weighted by Crippen LogP contribution is 2.36. The number of benzene rings is 2. The second-order valence-electron chi connectivity index (χ2n) is 4.62. The van der Waals surface area contributed by atoms with E-state index >= 15 is 0 Å². The highest BCUT2D eigenvalue weighted by atomic mass is 14.2. The van der Waals surface area contributed by atoms with Gasteiger partial charge in [0.2, 0.25) is 0 Å². The van der Waals surface area contributed by atoms with Crippen molar-refractivity contribution in [3.8, 4) is 0 Å². The lowest BCUT2D eigenvalue weighted by atomic mass is 9.84. The van der Waals surface area contributed by atoms with Crippen LogP contribution in [0.15, 0.2) is 55.1 Å². The molecule has 0 fully saturated rings. The Balaban J connectivity index is 2.16. The Hall–Kier alpha value is -1.82. The molecule has 0 heteroatoms. The lowest BCUT2D eigenvalue weighted by molar-refractivity contribution is 0.756. The van der Waals surface area contributed by atoms with Crippen LogP contribution >= 0.6 is 0 Å². The van der Waals surface area contributed by atoms with Crippen molar-refractivity contribution in [1.29, 1.82) is 0 Å². The third kappa shape index (κ3) is 1.70. The molecule has 0 nitrogen and oxygen atoms in total. The molecule has 0 saturated heterocycles. The average Bonchev–Trinajstić information content (AvgIpc) is 2.39. The van der Waals surface area contributed by atoms with Crippen LogP contribution in [-0.2, 0) is 0 Å². The molecule has 0 saturated carbocycles. The maximum Gasteiger partial charge on any atom is 0.00306 e. The van der Waals surface area contributed by atoms with Crippen LogP contribution in [0.5, 0.6) is 0 Å². The van der Waals surface area contributed by atoms with E-state index in [0.717, 1.165) is 12.8 Å². The van der Waals surface area contributed by atoms with E-state index in [2.05, 4.69) is 55.1 Å². The fourth-order valence-electron chi connectivity index (χ4n) is 2.72. The monoisotopic (exact) mass is 220 g/mol. The lowest BCUT2D eigenvalue weighted by Crippen LogP contribution is -2.01. The van der Waals surface area contributed by atoms with Gasteiger partial charge in [-0.2, -0.15) is 0 Å². The summed E-state index contributed by atoms with van der Waals surface area (Å²) in [6.45, 7) is 3.81. The summed E-state index contributed by atoms with van der Waals surface area (Å²) in [5.74, 6) is 0.548. The molecule has 0 heterocycles. The summed E-state index contributed by atoms with van der Waals surface area (Å²) in [5, 5.41) is 2.79. The van der Waals surface area contributed by atoms with Crippen molar-refractivity contribution in [2.45, 2.75) is 18.8 Å². The van der Waals surface area contributed by atoms with Gasteiger partial charge in [-0.15, -0.1) is 6.58 Å². The highest BCUT2D eigenvalue weighted by molar-refractivity contribution is 5.95. The fourth-order valence-corrected chi connectivity index (χ4v) is 2.72. The number of hydrogen-bond donors (Lipinski definition) is 0. The zero-order valence-electron chi connectivity index (χ0n) is 9.89. The molecule has 84 valence electrons. The highest BCUT2D eigenvalue weighted by Gasteiger charge is 2.16. The van der Waals surface area contributed by atoms with Crippen LogP contribution in [0.2, 0.25) is 0 Å². The van der Waals surface area contributed by atoms with Crippen LogP contribution in [0.25, 0.3) is 16.8 Å². The van der Waals surface area contributed by atoms with E-state index in [1.807, 2.05) is 6.08 Å². The minimum Gasteiger partial charge on any atom is -0.103 e. The quantitative estimate of drug-likeness (QED) is 0.644. The van der Waals surface area contributed by atoms with Crippen molar-refractivity contribution in [2.75, 3.05) is 0 Å². The summed E-state index contributed by atoms with van der Waals surface area (Å²) >= 11 is 0. The minimum atomic E-state index is 0.548. The van der Waals surface area contributed by atoms with Gasteiger partial charge in [-0.25, -0.2) is 0 Å². The van der Waals surface area contributed by atoms with E-state index < -0.39 is 0 Å². The first-order valence-corrected chi connectivity index (χ1v) is 6.21. The molecule has 0 aliphatic heterocycles. The number of allylic oxidation sites excluding steroid dienone is 2. The molecule has 3 rings (SSSR count). The molecule has 2 aromatic carbocycles. The summed E-state index contributed by atoms with van der Waals surface area (Å²) in [4.78, 5) is 0. The molecule has 17 heavy (non-hydrogen) atoms. The van der Waals surface area contributed by atoms with Crippen molar-refractivity contribution in [2.24, 2.45) is 0 Å². The van der Waals surface area contributed by atoms with Gasteiger partial charge < -0.3 is 0 Å². The first-order chi connectivity index (χ1) is 8.40. The van der Waals surface area contributed by atoms with Gasteiger partial charge >= 0.3 is 0 Å². The maximum atomic E-state index is 3.81. The van der Waals surface area contributed by atoms with Gasteiger partial charge in [0.15, 0.2) is 0 Å². The van der Waals surface area contributed by atoms with Crippen LogP contribution in [-0.4, -0.2) is 0 Å². The molecule has 2 aromatic rings. The Labute approximate surface area is 102 Å². The Morgan fingerprint density at radius 2 is 1.94 bits per heavy atom. The van der Waals surface area contributed by atoms with Gasteiger partial charge in [0.25, 0.3) is 0 Å². The summed E-state index contributed by atoms with van der Waals surface area (Å²) in [7, 11) is 0. The van der Waals surface area contributed by atoms with Crippen molar-refractivity contribution < 1.29 is 0 Å². The van der Waals surface area contributed by atoms with Crippen LogP contribution in [0.1, 0.15) is 29.9 Å². The van der Waals surface area contributed by atoms with E-state index in [4.69, 9.17) is 0 Å². The van der Waals surface area contributed by atoms with Crippen LogP contribution in [0.3, 0.4) is 0 Å². The van der Waals surface area contributed by atoms with Gasteiger partial charge in [-0.05, 0) is 34.7 Å². The topological polar surface area (TPSA) is 0 Å². The van der Waals surface area contributed by atoms with Crippen LogP contribution < -0.4 is 0 Å². The third-order valence-corrected chi connectivity index (χ3v) is 3.56. The molecule has 0 radical (unpaired) electrons. The Morgan fingerprint density at radius 3 is 2.76 bits per heavy atom. The first-order valence-electron chi connectivity index (χ1n) is 6.21. The second kappa shape index (κ2) is 4.21. The SMILES string of the molecule is C=CCCC1C=Cc2cccc3cccc1c23. The fraction of sp³-hybridized carbons (Fsp3) is 0.176. The standard InChI is InChI=1S/C17H16/c1-2-3-6-13-11-12-15-8-4-7-14-9-5-10-16(13)17(14)15/h2,4-5,7-13H,1,3,6H2. The summed E-state index contributed by atoms with van der Waals surface area (Å²) in [6, 6.07) is 13.2. The maximum absolute atomic E-state index is 3.81. The van der Waals surface area contributed by atoms with Crippen LogP contribution in [0, 0.1) is 0 Å². The predicted molar refractivity (Wildman–Crippen MR) is 75.2 cm³/mol. The molecule has 1 aliphatic carbocycles. The molecule has 0 aromatic heterocycles. The zero-order valence-corrected chi connectivity index (χ0v) is 9.89. The normalized spacial score (nSPS) is 17.3. The summed E-state index contributed by atoms with van der Waals surface area (Å²) in [5.41, 5.74) is 2.83. The smallest absolute Gasteiger partial charge is 0.00306 e. The van der Waals surface area contributed by atoms with Gasteiger partial charge in [0, 0.05) is 5.92 Å². The molecule has 0 spiro atoms. The van der Waals surface area contributed by atoms with E-state index in [1.54, 1.807) is 0 Å². The molecule has 1 atom stereocenters. The molecule has 0 amide bonds. The lowest BCUT2D eigenvalue weighted by Gasteiger charge is -2.20. The Kier molecular flexibility index (Phi) is 2.56. The minimum absolute atomic E-state index is 0.548. The van der Waals surface area contributed by atoms with Crippen LogP contribution in [0.4, 0.5) is 0 Å². The summed E-state index contributed by atoms with van der Waals surface area (Å²) < 4.78 is 0. The molecule has 1 aliphatic rings. The second-order valence-corrected chi connectivity index (χ2v) is 4.62. The van der Waals surface area contributed by atoms with Crippen molar-refractivity contribution >= 4 is 16.8 Å². The molecular weight excluding hydrogens is 204 g/mol. The zero-order chi connectivity index (χ0) is 11.7. The van der Waals surface area contributed by atoms with Crippen molar-refractivity contribution in [3.63, 3.8) is 0 Å². The van der Waals surface area contributed by atoms with E-state index in [9.17, 15) is 0 Å². The van der Waals surface area contributed by atoms with Crippen molar-refractivity contribution in [3.05, 3.63) is 66.3 Å². The third-order valence-electron chi connectivity index (χ3n) is 3.56. The van der Waals surface area contributed by atoms with Gasteiger partial charge in [-0.3, -0.25) is 0 Å². The average molecular weight is 220 g/mol.